The van der Waals surface area contributed by atoms with Crippen molar-refractivity contribution in [3.05, 3.63) is 28.2 Å². The van der Waals surface area contributed by atoms with Crippen LogP contribution in [0.3, 0.4) is 0 Å². The molecule has 2 N–H and O–H groups in total. The minimum Gasteiger partial charge on any atom is -0.478 e. The number of hydrogen-bond acceptors (Lipinski definition) is 3. The zero-order valence-electron chi connectivity index (χ0n) is 11.0. The summed E-state index contributed by atoms with van der Waals surface area (Å²) >= 11 is 3.42. The number of carboxylic acid groups (broad SMARTS) is 1. The number of likely N-dealkylation sites (tertiary alicyclic amines) is 1. The fourth-order valence-electron chi connectivity index (χ4n) is 2.43. The molecule has 0 aromatic heterocycles. The highest BCUT2D eigenvalue weighted by molar-refractivity contribution is 9.10. The van der Waals surface area contributed by atoms with Crippen molar-refractivity contribution >= 4 is 27.6 Å². The number of hydrogen-bond donors (Lipinski definition) is 2. The maximum absolute atomic E-state index is 10.9. The van der Waals surface area contributed by atoms with Gasteiger partial charge in [0.1, 0.15) is 0 Å². The first kappa shape index (κ1) is 14.3. The van der Waals surface area contributed by atoms with Gasteiger partial charge in [-0.1, -0.05) is 0 Å². The summed E-state index contributed by atoms with van der Waals surface area (Å²) in [4.78, 5) is 13.3. The van der Waals surface area contributed by atoms with Crippen LogP contribution < -0.4 is 5.32 Å². The van der Waals surface area contributed by atoms with Gasteiger partial charge in [-0.15, -0.1) is 0 Å². The van der Waals surface area contributed by atoms with Gasteiger partial charge in [0, 0.05) is 22.7 Å². The Bertz CT molecular complexity index is 459. The standard InChI is InChI=1S/C14H19BrN2O2/c1-10(9-17-6-2-3-7-17)16-13-5-4-11(14(18)19)8-12(13)15/h4-5,8,10,16H,2-3,6-7,9H2,1H3,(H,18,19). The van der Waals surface area contributed by atoms with E-state index in [1.54, 1.807) is 12.1 Å². The molecule has 0 amide bonds. The normalized spacial score (nSPS) is 17.4. The van der Waals surface area contributed by atoms with Gasteiger partial charge in [0.2, 0.25) is 0 Å². The summed E-state index contributed by atoms with van der Waals surface area (Å²) in [5.74, 6) is -0.905. The van der Waals surface area contributed by atoms with Crippen molar-refractivity contribution in [2.75, 3.05) is 25.0 Å². The number of nitrogens with one attached hydrogen (secondary N) is 1. The molecule has 0 bridgehead atoms. The van der Waals surface area contributed by atoms with Crippen LogP contribution in [0.1, 0.15) is 30.1 Å². The highest BCUT2D eigenvalue weighted by atomic mass is 79.9. The quantitative estimate of drug-likeness (QED) is 0.873. The fourth-order valence-corrected chi connectivity index (χ4v) is 2.92. The Balaban J connectivity index is 1.96. The summed E-state index contributed by atoms with van der Waals surface area (Å²) in [6.45, 7) is 5.54. The van der Waals surface area contributed by atoms with Gasteiger partial charge in [0.05, 0.1) is 5.56 Å². The smallest absolute Gasteiger partial charge is 0.335 e. The number of carbonyl (C=O) groups is 1. The Morgan fingerprint density at radius 1 is 1.47 bits per heavy atom. The van der Waals surface area contributed by atoms with E-state index < -0.39 is 5.97 Å². The van der Waals surface area contributed by atoms with Crippen molar-refractivity contribution in [2.45, 2.75) is 25.8 Å². The Hall–Kier alpha value is -1.07. The minimum absolute atomic E-state index is 0.296. The van der Waals surface area contributed by atoms with E-state index in [1.807, 2.05) is 6.07 Å². The van der Waals surface area contributed by atoms with Crippen LogP contribution in [0.4, 0.5) is 5.69 Å². The van der Waals surface area contributed by atoms with Gasteiger partial charge in [-0.25, -0.2) is 4.79 Å². The molecule has 1 atom stereocenters. The third kappa shape index (κ3) is 3.94. The summed E-state index contributed by atoms with van der Waals surface area (Å²) < 4.78 is 0.792. The number of nitrogens with zero attached hydrogens (tertiary/aromatic N) is 1. The van der Waals surface area contributed by atoms with Gasteiger partial charge >= 0.3 is 5.97 Å². The maximum Gasteiger partial charge on any atom is 0.335 e. The summed E-state index contributed by atoms with van der Waals surface area (Å²) in [7, 11) is 0. The lowest BCUT2D eigenvalue weighted by molar-refractivity contribution is 0.0697. The summed E-state index contributed by atoms with van der Waals surface area (Å²) in [5.41, 5.74) is 1.24. The van der Waals surface area contributed by atoms with Gasteiger partial charge in [0.25, 0.3) is 0 Å². The molecule has 5 heteroatoms. The zero-order valence-corrected chi connectivity index (χ0v) is 12.6. The second kappa shape index (κ2) is 6.39. The largest absolute Gasteiger partial charge is 0.478 e. The molecule has 1 heterocycles. The Morgan fingerprint density at radius 2 is 2.16 bits per heavy atom. The number of carboxylic acids is 1. The second-order valence-corrected chi connectivity index (χ2v) is 5.91. The molecule has 2 rings (SSSR count). The molecule has 1 aliphatic rings. The van der Waals surface area contributed by atoms with Crippen LogP contribution >= 0.6 is 15.9 Å². The molecule has 4 nitrogen and oxygen atoms in total. The molecule has 104 valence electrons. The first-order valence-electron chi connectivity index (χ1n) is 6.58. The maximum atomic E-state index is 10.9. The molecule has 1 fully saturated rings. The Kier molecular flexibility index (Phi) is 4.82. The highest BCUT2D eigenvalue weighted by Gasteiger charge is 2.15. The molecule has 0 spiro atoms. The second-order valence-electron chi connectivity index (χ2n) is 5.05. The molecular weight excluding hydrogens is 308 g/mol. The van der Waals surface area contributed by atoms with E-state index in [9.17, 15) is 4.79 Å². The Labute approximate surface area is 121 Å². The van der Waals surface area contributed by atoms with Crippen molar-refractivity contribution in [3.8, 4) is 0 Å². The SMILES string of the molecule is CC(CN1CCCC1)Nc1ccc(C(=O)O)cc1Br. The Morgan fingerprint density at radius 3 is 2.74 bits per heavy atom. The third-order valence-electron chi connectivity index (χ3n) is 3.35. The number of halogens is 1. The van der Waals surface area contributed by atoms with Crippen LogP contribution in [0.2, 0.25) is 0 Å². The predicted molar refractivity (Wildman–Crippen MR) is 79.9 cm³/mol. The van der Waals surface area contributed by atoms with Crippen molar-refractivity contribution < 1.29 is 9.90 Å². The first-order chi connectivity index (χ1) is 9.06. The van der Waals surface area contributed by atoms with E-state index in [2.05, 4.69) is 33.1 Å². The first-order valence-corrected chi connectivity index (χ1v) is 7.37. The lowest BCUT2D eigenvalue weighted by Crippen LogP contribution is -2.33. The molecule has 0 aliphatic carbocycles. The topological polar surface area (TPSA) is 52.6 Å². The molecule has 1 aliphatic heterocycles. The van der Waals surface area contributed by atoms with Crippen LogP contribution in [0.5, 0.6) is 0 Å². The summed E-state index contributed by atoms with van der Waals surface area (Å²) in [6, 6.07) is 5.41. The van der Waals surface area contributed by atoms with E-state index in [4.69, 9.17) is 5.11 Å². The van der Waals surface area contributed by atoms with Crippen molar-refractivity contribution in [3.63, 3.8) is 0 Å². The summed E-state index contributed by atoms with van der Waals surface area (Å²) in [5, 5.41) is 12.3. The lowest BCUT2D eigenvalue weighted by atomic mass is 10.2. The van der Waals surface area contributed by atoms with Gasteiger partial charge in [-0.2, -0.15) is 0 Å². The minimum atomic E-state index is -0.905. The monoisotopic (exact) mass is 326 g/mol. The molecule has 1 aromatic rings. The van der Waals surface area contributed by atoms with Gasteiger partial charge in [-0.3, -0.25) is 0 Å². The molecular formula is C14H19BrN2O2. The molecule has 0 saturated carbocycles. The third-order valence-corrected chi connectivity index (χ3v) is 4.00. The molecule has 1 unspecified atom stereocenters. The van der Waals surface area contributed by atoms with Crippen LogP contribution in [0, 0.1) is 0 Å². The van der Waals surface area contributed by atoms with E-state index in [1.165, 1.54) is 25.9 Å². The molecule has 1 saturated heterocycles. The van der Waals surface area contributed by atoms with E-state index in [-0.39, 0.29) is 0 Å². The lowest BCUT2D eigenvalue weighted by Gasteiger charge is -2.22. The molecule has 1 aromatic carbocycles. The predicted octanol–water partition coefficient (Wildman–Crippen LogP) is 3.04. The van der Waals surface area contributed by atoms with Crippen molar-refractivity contribution in [1.82, 2.24) is 4.90 Å². The average Bonchev–Trinajstić information content (AvgIpc) is 2.84. The number of aromatic carboxylic acids is 1. The highest BCUT2D eigenvalue weighted by Crippen LogP contribution is 2.24. The van der Waals surface area contributed by atoms with Crippen LogP contribution in [0.15, 0.2) is 22.7 Å². The average molecular weight is 327 g/mol. The van der Waals surface area contributed by atoms with E-state index >= 15 is 0 Å². The van der Waals surface area contributed by atoms with Gasteiger partial charge < -0.3 is 15.3 Å². The fraction of sp³-hybridized carbons (Fsp3) is 0.500. The van der Waals surface area contributed by atoms with E-state index in [0.717, 1.165) is 16.7 Å². The van der Waals surface area contributed by atoms with Crippen LogP contribution in [-0.4, -0.2) is 41.7 Å². The molecule has 19 heavy (non-hydrogen) atoms. The van der Waals surface area contributed by atoms with Crippen molar-refractivity contribution in [2.24, 2.45) is 0 Å². The van der Waals surface area contributed by atoms with Gasteiger partial charge in [0.15, 0.2) is 0 Å². The zero-order chi connectivity index (χ0) is 13.8. The number of benzene rings is 1. The number of rotatable bonds is 5. The van der Waals surface area contributed by atoms with Gasteiger partial charge in [-0.05, 0) is 67.0 Å². The van der Waals surface area contributed by atoms with Crippen LogP contribution in [0.25, 0.3) is 0 Å². The van der Waals surface area contributed by atoms with Crippen LogP contribution in [-0.2, 0) is 0 Å². The number of anilines is 1. The molecule has 0 radical (unpaired) electrons. The van der Waals surface area contributed by atoms with Crippen molar-refractivity contribution in [1.29, 1.82) is 0 Å². The van der Waals surface area contributed by atoms with E-state index in [0.29, 0.717) is 11.6 Å². The summed E-state index contributed by atoms with van der Waals surface area (Å²) in [6.07, 6.45) is 2.59.